The van der Waals surface area contributed by atoms with Gasteiger partial charge in [-0.15, -0.1) is 0 Å². The van der Waals surface area contributed by atoms with E-state index in [9.17, 15) is 14.9 Å². The van der Waals surface area contributed by atoms with E-state index in [-0.39, 0.29) is 35.4 Å². The molecule has 0 spiro atoms. The fraction of sp³-hybridized carbons (Fsp3) is 0.654. The van der Waals surface area contributed by atoms with E-state index in [1.54, 1.807) is 18.1 Å². The number of aryl methyl sites for hydroxylation is 1. The van der Waals surface area contributed by atoms with E-state index in [0.29, 0.717) is 19.7 Å². The van der Waals surface area contributed by atoms with Gasteiger partial charge in [0.15, 0.2) is 0 Å². The van der Waals surface area contributed by atoms with Crippen molar-refractivity contribution in [2.45, 2.75) is 77.8 Å². The predicted octanol–water partition coefficient (Wildman–Crippen LogP) is 3.91. The van der Waals surface area contributed by atoms with Crippen molar-refractivity contribution < 1.29 is 14.3 Å². The average molecular weight is 455 g/mol. The van der Waals surface area contributed by atoms with Crippen molar-refractivity contribution in [3.8, 4) is 6.07 Å². The largest absolute Gasteiger partial charge is 0.383 e. The third-order valence-corrected chi connectivity index (χ3v) is 7.05. The molecule has 1 N–H and O–H groups in total. The van der Waals surface area contributed by atoms with Crippen LogP contribution in [0.4, 0.5) is 0 Å². The summed E-state index contributed by atoms with van der Waals surface area (Å²) in [4.78, 5) is 27.7. The Morgan fingerprint density at radius 1 is 1.24 bits per heavy atom. The fourth-order valence-electron chi connectivity index (χ4n) is 5.35. The highest BCUT2D eigenvalue weighted by Crippen LogP contribution is 2.25. The van der Waals surface area contributed by atoms with E-state index < -0.39 is 0 Å². The number of nitrogens with one attached hydrogen (secondary N) is 1. The summed E-state index contributed by atoms with van der Waals surface area (Å²) in [6.07, 6.45) is 8.92. The van der Waals surface area contributed by atoms with Crippen LogP contribution in [0.5, 0.6) is 0 Å². The second-order valence-corrected chi connectivity index (χ2v) is 9.60. The van der Waals surface area contributed by atoms with Crippen molar-refractivity contribution in [2.75, 3.05) is 26.8 Å². The molecule has 2 unspecified atom stereocenters. The highest BCUT2D eigenvalue weighted by atomic mass is 16.5. The Kier molecular flexibility index (Phi) is 8.74. The molecule has 1 aliphatic heterocycles. The van der Waals surface area contributed by atoms with Crippen molar-refractivity contribution in [3.63, 3.8) is 0 Å². The molecular weight excluding hydrogens is 416 g/mol. The molecule has 0 aromatic carbocycles. The lowest BCUT2D eigenvalue weighted by molar-refractivity contribution is -0.132. The summed E-state index contributed by atoms with van der Waals surface area (Å²) in [5.74, 6) is -0.440. The molecule has 7 heteroatoms. The van der Waals surface area contributed by atoms with Gasteiger partial charge in [-0.25, -0.2) is 0 Å². The van der Waals surface area contributed by atoms with Gasteiger partial charge < -0.3 is 19.5 Å². The number of likely N-dealkylation sites (tertiary alicyclic amines) is 1. The van der Waals surface area contributed by atoms with E-state index in [0.717, 1.165) is 42.6 Å². The van der Waals surface area contributed by atoms with Crippen molar-refractivity contribution in [2.24, 2.45) is 5.92 Å². The lowest BCUT2D eigenvalue weighted by Gasteiger charge is -2.33. The number of carbonyl (C=O) groups excluding carboxylic acids is 2. The van der Waals surface area contributed by atoms with Gasteiger partial charge in [-0.05, 0) is 64.2 Å². The molecule has 7 nitrogen and oxygen atoms in total. The maximum Gasteiger partial charge on any atom is 0.264 e. The van der Waals surface area contributed by atoms with Crippen LogP contribution in [0.25, 0.3) is 6.08 Å². The van der Waals surface area contributed by atoms with Gasteiger partial charge in [0.25, 0.3) is 5.91 Å². The van der Waals surface area contributed by atoms with Gasteiger partial charge in [-0.3, -0.25) is 9.59 Å². The number of nitrogens with zero attached hydrogens (tertiary/aromatic N) is 3. The van der Waals surface area contributed by atoms with Crippen LogP contribution in [0, 0.1) is 31.1 Å². The number of aromatic nitrogens is 1. The van der Waals surface area contributed by atoms with Gasteiger partial charge in [-0.1, -0.05) is 19.3 Å². The number of carbonyl (C=O) groups is 2. The molecule has 2 fully saturated rings. The Balaban J connectivity index is 1.71. The molecule has 1 aliphatic carbocycles. The molecule has 2 heterocycles. The standard InChI is InChI=1S/C26H38N4O3/c1-18-13-22(20(3)30(18)19(2)17-33-4)14-23(15-27)26(32)29-12-8-9-21(16-29)25(31)28-24-10-6-5-7-11-24/h13-14,19,21,24H,5-12,16-17H2,1-4H3,(H,28,31)/b23-14-. The third-order valence-electron chi connectivity index (χ3n) is 7.05. The van der Waals surface area contributed by atoms with Gasteiger partial charge >= 0.3 is 0 Å². The lowest BCUT2D eigenvalue weighted by atomic mass is 9.92. The summed E-state index contributed by atoms with van der Waals surface area (Å²) in [6, 6.07) is 4.53. The number of ether oxygens (including phenoxy) is 1. The number of rotatable bonds is 7. The molecule has 1 saturated heterocycles. The van der Waals surface area contributed by atoms with E-state index in [1.165, 1.54) is 19.3 Å². The first kappa shape index (κ1) is 25.0. The van der Waals surface area contributed by atoms with E-state index >= 15 is 0 Å². The maximum absolute atomic E-state index is 13.2. The molecule has 0 bridgehead atoms. The molecule has 1 saturated carbocycles. The maximum atomic E-state index is 13.2. The highest BCUT2D eigenvalue weighted by Gasteiger charge is 2.31. The number of hydrogen-bond donors (Lipinski definition) is 1. The normalized spacial score (nSPS) is 20.9. The first-order valence-electron chi connectivity index (χ1n) is 12.2. The van der Waals surface area contributed by atoms with Crippen molar-refractivity contribution in [3.05, 3.63) is 28.6 Å². The average Bonchev–Trinajstić information content (AvgIpc) is 3.10. The summed E-state index contributed by atoms with van der Waals surface area (Å²) in [6.45, 7) is 7.64. The Bertz CT molecular complexity index is 921. The van der Waals surface area contributed by atoms with E-state index in [1.807, 2.05) is 19.9 Å². The fourth-order valence-corrected chi connectivity index (χ4v) is 5.35. The summed E-state index contributed by atoms with van der Waals surface area (Å²) >= 11 is 0. The van der Waals surface area contributed by atoms with Crippen LogP contribution in [0.3, 0.4) is 0 Å². The number of methoxy groups -OCH3 is 1. The quantitative estimate of drug-likeness (QED) is 0.500. The molecule has 1 aromatic heterocycles. The molecule has 2 aliphatic rings. The zero-order valence-corrected chi connectivity index (χ0v) is 20.5. The molecule has 2 atom stereocenters. The van der Waals surface area contributed by atoms with E-state index in [4.69, 9.17) is 4.74 Å². The Morgan fingerprint density at radius 2 is 1.97 bits per heavy atom. The zero-order chi connectivity index (χ0) is 24.0. The van der Waals surface area contributed by atoms with Gasteiger partial charge in [-0.2, -0.15) is 5.26 Å². The summed E-state index contributed by atoms with van der Waals surface area (Å²) in [7, 11) is 1.68. The smallest absolute Gasteiger partial charge is 0.264 e. The number of nitriles is 1. The summed E-state index contributed by atoms with van der Waals surface area (Å²) in [5, 5.41) is 13.0. The van der Waals surface area contributed by atoms with Crippen LogP contribution in [0.1, 0.15) is 74.9 Å². The van der Waals surface area contributed by atoms with Crippen molar-refractivity contribution >= 4 is 17.9 Å². The second kappa shape index (κ2) is 11.5. The molecule has 3 rings (SSSR count). The third kappa shape index (κ3) is 6.05. The summed E-state index contributed by atoms with van der Waals surface area (Å²) < 4.78 is 7.46. The van der Waals surface area contributed by atoms with Crippen LogP contribution >= 0.6 is 0 Å². The molecule has 180 valence electrons. The second-order valence-electron chi connectivity index (χ2n) is 9.60. The van der Waals surface area contributed by atoms with Gasteiger partial charge in [0.2, 0.25) is 5.91 Å². The number of piperidine rings is 1. The van der Waals surface area contributed by atoms with Crippen molar-refractivity contribution in [1.29, 1.82) is 5.26 Å². The minimum Gasteiger partial charge on any atom is -0.383 e. The molecular formula is C26H38N4O3. The van der Waals surface area contributed by atoms with Crippen LogP contribution in [0.2, 0.25) is 0 Å². The number of amides is 2. The predicted molar refractivity (Wildman–Crippen MR) is 128 cm³/mol. The lowest BCUT2D eigenvalue weighted by Crippen LogP contribution is -2.48. The zero-order valence-electron chi connectivity index (χ0n) is 20.5. The molecule has 2 amide bonds. The van der Waals surface area contributed by atoms with Crippen molar-refractivity contribution in [1.82, 2.24) is 14.8 Å². The van der Waals surface area contributed by atoms with Gasteiger partial charge in [0, 0.05) is 37.6 Å². The van der Waals surface area contributed by atoms with Crippen LogP contribution in [0.15, 0.2) is 11.6 Å². The molecule has 0 radical (unpaired) electrons. The minimum atomic E-state index is -0.289. The molecule has 1 aromatic rings. The first-order chi connectivity index (χ1) is 15.8. The van der Waals surface area contributed by atoms with Crippen LogP contribution in [-0.2, 0) is 14.3 Å². The SMILES string of the molecule is COCC(C)n1c(C)cc(/C=C(/C#N)C(=O)N2CCCC(C(=O)NC3CCCCC3)C2)c1C. The summed E-state index contributed by atoms with van der Waals surface area (Å²) in [5.41, 5.74) is 3.04. The Labute approximate surface area is 197 Å². The highest BCUT2D eigenvalue weighted by molar-refractivity contribution is 6.02. The molecule has 33 heavy (non-hydrogen) atoms. The monoisotopic (exact) mass is 454 g/mol. The first-order valence-corrected chi connectivity index (χ1v) is 12.2. The Morgan fingerprint density at radius 3 is 2.64 bits per heavy atom. The minimum absolute atomic E-state index is 0.0533. The topological polar surface area (TPSA) is 87.4 Å². The van der Waals surface area contributed by atoms with Crippen LogP contribution in [-0.4, -0.2) is 54.1 Å². The van der Waals surface area contributed by atoms with Crippen LogP contribution < -0.4 is 5.32 Å². The van der Waals surface area contributed by atoms with Gasteiger partial charge in [0.1, 0.15) is 11.6 Å². The number of hydrogen-bond acceptors (Lipinski definition) is 4. The Hall–Kier alpha value is -2.59. The van der Waals surface area contributed by atoms with E-state index in [2.05, 4.69) is 22.9 Å². The van der Waals surface area contributed by atoms with Gasteiger partial charge in [0.05, 0.1) is 18.6 Å².